The number of carbonyl (C=O) groups is 1. The van der Waals surface area contributed by atoms with E-state index in [0.29, 0.717) is 6.04 Å². The minimum atomic E-state index is -0.175. The quantitative estimate of drug-likeness (QED) is 0.805. The van der Waals surface area contributed by atoms with Crippen molar-refractivity contribution in [1.29, 1.82) is 0 Å². The number of rotatable bonds is 3. The zero-order chi connectivity index (χ0) is 12.1. The van der Waals surface area contributed by atoms with Crippen LogP contribution in [0.5, 0.6) is 0 Å². The lowest BCUT2D eigenvalue weighted by Crippen LogP contribution is -2.52. The Labute approximate surface area is 104 Å². The zero-order valence-corrected chi connectivity index (χ0v) is 10.8. The maximum absolute atomic E-state index is 12.4. The third-order valence-electron chi connectivity index (χ3n) is 3.79. The summed E-state index contributed by atoms with van der Waals surface area (Å²) in [6.45, 7) is 5.63. The van der Waals surface area contributed by atoms with Crippen LogP contribution in [-0.2, 0) is 9.53 Å². The highest BCUT2D eigenvalue weighted by Gasteiger charge is 2.30. The Hall–Kier alpha value is -0.610. The molecule has 1 N–H and O–H groups in total. The molecule has 2 aliphatic heterocycles. The molecular weight excluding hydrogens is 216 g/mol. The van der Waals surface area contributed by atoms with Crippen LogP contribution in [-0.4, -0.2) is 49.2 Å². The number of ether oxygens (including phenoxy) is 1. The van der Waals surface area contributed by atoms with Crippen LogP contribution >= 0.6 is 0 Å². The van der Waals surface area contributed by atoms with Gasteiger partial charge in [-0.1, -0.05) is 0 Å². The molecule has 2 atom stereocenters. The summed E-state index contributed by atoms with van der Waals surface area (Å²) in [4.78, 5) is 14.4. The average Bonchev–Trinajstić information content (AvgIpc) is 2.42. The highest BCUT2D eigenvalue weighted by atomic mass is 16.5. The van der Waals surface area contributed by atoms with Gasteiger partial charge in [-0.15, -0.1) is 0 Å². The third kappa shape index (κ3) is 3.19. The lowest BCUT2D eigenvalue weighted by molar-refractivity contribution is -0.149. The van der Waals surface area contributed by atoms with Crippen LogP contribution in [0.4, 0.5) is 0 Å². The summed E-state index contributed by atoms with van der Waals surface area (Å²) in [6.07, 6.45) is 5.23. The summed E-state index contributed by atoms with van der Waals surface area (Å²) in [5.41, 5.74) is 0. The molecule has 0 aliphatic carbocycles. The van der Waals surface area contributed by atoms with Crippen LogP contribution in [0.15, 0.2) is 0 Å². The van der Waals surface area contributed by atoms with Crippen LogP contribution in [0.1, 0.15) is 39.0 Å². The van der Waals surface area contributed by atoms with Crippen LogP contribution in [0, 0.1) is 0 Å². The van der Waals surface area contributed by atoms with Crippen molar-refractivity contribution in [2.24, 2.45) is 0 Å². The van der Waals surface area contributed by atoms with Gasteiger partial charge in [-0.25, -0.2) is 0 Å². The van der Waals surface area contributed by atoms with E-state index >= 15 is 0 Å². The monoisotopic (exact) mass is 240 g/mol. The van der Waals surface area contributed by atoms with Gasteiger partial charge in [-0.2, -0.15) is 0 Å². The Morgan fingerprint density at radius 3 is 2.82 bits per heavy atom. The molecule has 4 heteroatoms. The topological polar surface area (TPSA) is 41.6 Å². The van der Waals surface area contributed by atoms with Crippen molar-refractivity contribution >= 4 is 5.91 Å². The fourth-order valence-corrected chi connectivity index (χ4v) is 2.81. The number of piperidine rings is 1. The zero-order valence-electron chi connectivity index (χ0n) is 10.8. The molecular formula is C13H24N2O2. The fraction of sp³-hybridized carbons (Fsp3) is 0.923. The maximum atomic E-state index is 12.4. The van der Waals surface area contributed by atoms with Crippen LogP contribution in [0.3, 0.4) is 0 Å². The first-order chi connectivity index (χ1) is 8.33. The molecule has 98 valence electrons. The van der Waals surface area contributed by atoms with Crippen LogP contribution < -0.4 is 5.32 Å². The minimum Gasteiger partial charge on any atom is -0.368 e. The molecule has 2 fully saturated rings. The van der Waals surface area contributed by atoms with E-state index in [1.165, 1.54) is 6.42 Å². The molecule has 0 aromatic carbocycles. The standard InChI is InChI=1S/C13H24N2O2/c1-2-15(11-6-5-8-14-10-11)13(16)12-7-3-4-9-17-12/h11-12,14H,2-10H2,1H3. The van der Waals surface area contributed by atoms with Gasteiger partial charge < -0.3 is 15.0 Å². The van der Waals surface area contributed by atoms with Crippen molar-refractivity contribution in [1.82, 2.24) is 10.2 Å². The van der Waals surface area contributed by atoms with Gasteiger partial charge in [0.15, 0.2) is 0 Å². The molecule has 17 heavy (non-hydrogen) atoms. The molecule has 2 heterocycles. The average molecular weight is 240 g/mol. The summed E-state index contributed by atoms with van der Waals surface area (Å²) in [5, 5.41) is 3.37. The van der Waals surface area contributed by atoms with Gasteiger partial charge in [-0.3, -0.25) is 4.79 Å². The van der Waals surface area contributed by atoms with Crippen LogP contribution in [0.2, 0.25) is 0 Å². The number of amides is 1. The maximum Gasteiger partial charge on any atom is 0.251 e. The number of nitrogens with one attached hydrogen (secondary N) is 1. The Balaban J connectivity index is 1.93. The van der Waals surface area contributed by atoms with E-state index in [1.807, 2.05) is 4.90 Å². The van der Waals surface area contributed by atoms with E-state index in [-0.39, 0.29) is 12.0 Å². The molecule has 2 rings (SSSR count). The molecule has 0 radical (unpaired) electrons. The number of likely N-dealkylation sites (N-methyl/N-ethyl adjacent to an activating group) is 1. The summed E-state index contributed by atoms with van der Waals surface area (Å²) < 4.78 is 5.60. The lowest BCUT2D eigenvalue weighted by Gasteiger charge is -2.36. The first-order valence-electron chi connectivity index (χ1n) is 6.95. The van der Waals surface area contributed by atoms with Crippen molar-refractivity contribution in [2.45, 2.75) is 51.2 Å². The van der Waals surface area contributed by atoms with Gasteiger partial charge in [0.25, 0.3) is 5.91 Å². The van der Waals surface area contributed by atoms with Gasteiger partial charge in [0.1, 0.15) is 6.10 Å². The summed E-state index contributed by atoms with van der Waals surface area (Å²) in [5.74, 6) is 0.209. The van der Waals surface area contributed by atoms with Gasteiger partial charge in [0.2, 0.25) is 0 Å². The second-order valence-corrected chi connectivity index (χ2v) is 4.98. The smallest absolute Gasteiger partial charge is 0.251 e. The van der Waals surface area contributed by atoms with Crippen molar-refractivity contribution in [2.75, 3.05) is 26.2 Å². The van der Waals surface area contributed by atoms with Gasteiger partial charge in [0, 0.05) is 25.7 Å². The fourth-order valence-electron chi connectivity index (χ4n) is 2.81. The lowest BCUT2D eigenvalue weighted by atomic mass is 10.0. The highest BCUT2D eigenvalue weighted by molar-refractivity contribution is 5.81. The van der Waals surface area contributed by atoms with Gasteiger partial charge in [-0.05, 0) is 45.6 Å². The van der Waals surface area contributed by atoms with E-state index in [1.54, 1.807) is 0 Å². The Bertz CT molecular complexity index is 246. The van der Waals surface area contributed by atoms with Crippen LogP contribution in [0.25, 0.3) is 0 Å². The van der Waals surface area contributed by atoms with Crippen molar-refractivity contribution in [3.63, 3.8) is 0 Å². The summed E-state index contributed by atoms with van der Waals surface area (Å²) >= 11 is 0. The molecule has 2 saturated heterocycles. The predicted octanol–water partition coefficient (Wildman–Crippen LogP) is 1.16. The molecule has 0 bridgehead atoms. The second kappa shape index (κ2) is 6.36. The molecule has 0 spiro atoms. The number of hydrogen-bond donors (Lipinski definition) is 1. The SMILES string of the molecule is CCN(C(=O)C1CCCCO1)C1CCCNC1. The molecule has 2 unspecified atom stereocenters. The van der Waals surface area contributed by atoms with Crippen molar-refractivity contribution in [3.8, 4) is 0 Å². The van der Waals surface area contributed by atoms with E-state index < -0.39 is 0 Å². The Morgan fingerprint density at radius 2 is 2.24 bits per heavy atom. The largest absolute Gasteiger partial charge is 0.368 e. The first-order valence-corrected chi connectivity index (χ1v) is 6.95. The third-order valence-corrected chi connectivity index (χ3v) is 3.79. The normalized spacial score (nSPS) is 29.9. The molecule has 0 aromatic heterocycles. The minimum absolute atomic E-state index is 0.175. The molecule has 0 aromatic rings. The van der Waals surface area contributed by atoms with E-state index in [9.17, 15) is 4.79 Å². The van der Waals surface area contributed by atoms with Crippen molar-refractivity contribution < 1.29 is 9.53 Å². The van der Waals surface area contributed by atoms with Crippen molar-refractivity contribution in [3.05, 3.63) is 0 Å². The summed E-state index contributed by atoms with van der Waals surface area (Å²) in [7, 11) is 0. The van der Waals surface area contributed by atoms with E-state index in [2.05, 4.69) is 12.2 Å². The number of nitrogens with zero attached hydrogens (tertiary/aromatic N) is 1. The highest BCUT2D eigenvalue weighted by Crippen LogP contribution is 2.18. The Morgan fingerprint density at radius 1 is 1.35 bits per heavy atom. The van der Waals surface area contributed by atoms with E-state index in [0.717, 1.165) is 51.9 Å². The predicted molar refractivity (Wildman–Crippen MR) is 66.9 cm³/mol. The molecule has 4 nitrogen and oxygen atoms in total. The Kier molecular flexibility index (Phi) is 4.80. The van der Waals surface area contributed by atoms with Gasteiger partial charge in [0.05, 0.1) is 0 Å². The number of hydrogen-bond acceptors (Lipinski definition) is 3. The summed E-state index contributed by atoms with van der Waals surface area (Å²) in [6, 6.07) is 0.367. The number of carbonyl (C=O) groups excluding carboxylic acids is 1. The van der Waals surface area contributed by atoms with E-state index in [4.69, 9.17) is 4.74 Å². The molecule has 2 aliphatic rings. The van der Waals surface area contributed by atoms with Gasteiger partial charge >= 0.3 is 0 Å². The molecule has 0 saturated carbocycles. The molecule has 1 amide bonds. The first kappa shape index (κ1) is 12.8. The second-order valence-electron chi connectivity index (χ2n) is 4.98.